The monoisotopic (exact) mass is 175 g/mol. The van der Waals surface area contributed by atoms with Crippen LogP contribution in [-0.2, 0) is 4.74 Å². The summed E-state index contributed by atoms with van der Waals surface area (Å²) in [5, 5.41) is 3.63. The van der Waals surface area contributed by atoms with Crippen LogP contribution in [0.5, 0.6) is 0 Å². The smallest absolute Gasteiger partial charge is 0.0608 e. The highest BCUT2D eigenvalue weighted by molar-refractivity contribution is 5.85. The van der Waals surface area contributed by atoms with Crippen LogP contribution in [0, 0.1) is 0 Å². The molecule has 4 rings (SSSR count). The van der Waals surface area contributed by atoms with Crippen LogP contribution in [0.2, 0.25) is 0 Å². The molecule has 4 heterocycles. The standard InChI is InChI=1S/C8H13NO.ClH/c1-5-2-8-4-6(9-5)3-7(1)10-8;/h5-9H,1-4H2;1H. The number of halogens is 1. The van der Waals surface area contributed by atoms with Gasteiger partial charge >= 0.3 is 0 Å². The van der Waals surface area contributed by atoms with Gasteiger partial charge in [0.1, 0.15) is 0 Å². The maximum absolute atomic E-state index is 5.78. The number of ether oxygens (including phenoxy) is 1. The zero-order chi connectivity index (χ0) is 6.55. The van der Waals surface area contributed by atoms with Gasteiger partial charge in [-0.3, -0.25) is 0 Å². The van der Waals surface area contributed by atoms with E-state index in [9.17, 15) is 0 Å². The van der Waals surface area contributed by atoms with Crippen molar-refractivity contribution in [2.24, 2.45) is 0 Å². The van der Waals surface area contributed by atoms with Gasteiger partial charge in [-0.1, -0.05) is 0 Å². The summed E-state index contributed by atoms with van der Waals surface area (Å²) in [6.07, 6.45) is 6.31. The lowest BCUT2D eigenvalue weighted by atomic mass is 9.80. The summed E-state index contributed by atoms with van der Waals surface area (Å²) in [4.78, 5) is 0. The number of hydrogen-bond acceptors (Lipinski definition) is 2. The third-order valence-corrected chi connectivity index (χ3v) is 3.05. The van der Waals surface area contributed by atoms with Crippen LogP contribution in [0.3, 0.4) is 0 Å². The Morgan fingerprint density at radius 1 is 0.909 bits per heavy atom. The SMILES string of the molecule is C1C2CC3CC(CC1O3)N2.Cl. The molecular formula is C8H14ClNO. The summed E-state index contributed by atoms with van der Waals surface area (Å²) in [6.45, 7) is 0. The van der Waals surface area contributed by atoms with Gasteiger partial charge in [-0.25, -0.2) is 0 Å². The Balaban J connectivity index is 0.000000480. The second-order valence-corrected chi connectivity index (χ2v) is 3.88. The molecule has 0 aromatic heterocycles. The maximum Gasteiger partial charge on any atom is 0.0608 e. The molecule has 0 spiro atoms. The quantitative estimate of drug-likeness (QED) is 0.595. The molecule has 4 fully saturated rings. The highest BCUT2D eigenvalue weighted by atomic mass is 35.5. The molecule has 2 nitrogen and oxygen atoms in total. The Morgan fingerprint density at radius 2 is 1.36 bits per heavy atom. The van der Waals surface area contributed by atoms with Crippen molar-refractivity contribution in [2.45, 2.75) is 50.0 Å². The Morgan fingerprint density at radius 3 is 1.73 bits per heavy atom. The van der Waals surface area contributed by atoms with E-state index in [0.29, 0.717) is 12.2 Å². The van der Waals surface area contributed by atoms with Gasteiger partial charge in [0.25, 0.3) is 0 Å². The van der Waals surface area contributed by atoms with Gasteiger partial charge in [-0.05, 0) is 25.7 Å². The van der Waals surface area contributed by atoms with Crippen molar-refractivity contribution in [1.29, 1.82) is 0 Å². The molecule has 0 unspecified atom stereocenters. The Kier molecular flexibility index (Phi) is 1.86. The van der Waals surface area contributed by atoms with Gasteiger partial charge in [-0.15, -0.1) is 12.4 Å². The zero-order valence-electron chi connectivity index (χ0n) is 6.45. The first-order chi connectivity index (χ1) is 4.90. The molecule has 0 radical (unpaired) electrons. The molecule has 64 valence electrons. The van der Waals surface area contributed by atoms with Crippen LogP contribution in [0.15, 0.2) is 0 Å². The first-order valence-corrected chi connectivity index (χ1v) is 4.31. The fraction of sp³-hybridized carbons (Fsp3) is 1.00. The normalized spacial score (nSPS) is 52.4. The minimum absolute atomic E-state index is 0. The van der Waals surface area contributed by atoms with Gasteiger partial charge in [0, 0.05) is 12.1 Å². The fourth-order valence-electron chi connectivity index (χ4n) is 2.75. The van der Waals surface area contributed by atoms with E-state index in [0.717, 1.165) is 12.1 Å². The Labute approximate surface area is 73.1 Å². The third-order valence-electron chi connectivity index (χ3n) is 3.05. The van der Waals surface area contributed by atoms with Gasteiger partial charge in [-0.2, -0.15) is 0 Å². The van der Waals surface area contributed by atoms with E-state index < -0.39 is 0 Å². The van der Waals surface area contributed by atoms with Gasteiger partial charge < -0.3 is 10.1 Å². The van der Waals surface area contributed by atoms with Crippen molar-refractivity contribution in [3.05, 3.63) is 0 Å². The second kappa shape index (κ2) is 2.61. The Bertz CT molecular complexity index is 106. The van der Waals surface area contributed by atoms with Crippen molar-refractivity contribution in [3.63, 3.8) is 0 Å². The van der Waals surface area contributed by atoms with E-state index in [1.807, 2.05) is 0 Å². The summed E-state index contributed by atoms with van der Waals surface area (Å²) < 4.78 is 5.78. The molecule has 0 aromatic carbocycles. The van der Waals surface area contributed by atoms with Gasteiger partial charge in [0.2, 0.25) is 0 Å². The molecule has 4 saturated heterocycles. The van der Waals surface area contributed by atoms with Crippen LogP contribution >= 0.6 is 12.4 Å². The minimum Gasteiger partial charge on any atom is -0.375 e. The second-order valence-electron chi connectivity index (χ2n) is 3.88. The lowest BCUT2D eigenvalue weighted by Gasteiger charge is -2.50. The summed E-state index contributed by atoms with van der Waals surface area (Å²) in [5.74, 6) is 0. The van der Waals surface area contributed by atoms with Crippen molar-refractivity contribution in [1.82, 2.24) is 5.32 Å². The van der Waals surface area contributed by atoms with Crippen molar-refractivity contribution >= 4 is 12.4 Å². The molecule has 4 aliphatic rings. The summed E-state index contributed by atoms with van der Waals surface area (Å²) in [5.41, 5.74) is 0. The van der Waals surface area contributed by atoms with Crippen LogP contribution in [0.4, 0.5) is 0 Å². The average molecular weight is 176 g/mol. The highest BCUT2D eigenvalue weighted by Crippen LogP contribution is 2.36. The van der Waals surface area contributed by atoms with E-state index in [4.69, 9.17) is 4.74 Å². The molecule has 0 saturated carbocycles. The number of rotatable bonds is 0. The van der Waals surface area contributed by atoms with Gasteiger partial charge in [0.05, 0.1) is 12.2 Å². The topological polar surface area (TPSA) is 21.3 Å². The Hall–Kier alpha value is 0.210. The predicted octanol–water partition coefficient (Wildman–Crippen LogP) is 1.09. The summed E-state index contributed by atoms with van der Waals surface area (Å²) in [7, 11) is 0. The van der Waals surface area contributed by atoms with Crippen LogP contribution in [0.25, 0.3) is 0 Å². The lowest BCUT2D eigenvalue weighted by molar-refractivity contribution is -0.132. The molecule has 0 amide bonds. The van der Waals surface area contributed by atoms with Crippen LogP contribution < -0.4 is 5.32 Å². The molecule has 1 N–H and O–H groups in total. The van der Waals surface area contributed by atoms with E-state index in [-0.39, 0.29) is 12.4 Å². The number of hydrogen-bond donors (Lipinski definition) is 1. The molecule has 0 atom stereocenters. The first kappa shape index (κ1) is 7.84. The van der Waals surface area contributed by atoms with E-state index in [1.165, 1.54) is 25.7 Å². The largest absolute Gasteiger partial charge is 0.375 e. The fourth-order valence-corrected chi connectivity index (χ4v) is 2.75. The third kappa shape index (κ3) is 1.17. The van der Waals surface area contributed by atoms with Crippen molar-refractivity contribution in [2.75, 3.05) is 0 Å². The van der Waals surface area contributed by atoms with Crippen molar-refractivity contribution < 1.29 is 4.74 Å². The van der Waals surface area contributed by atoms with Crippen LogP contribution in [0.1, 0.15) is 25.7 Å². The molecule has 4 aliphatic heterocycles. The van der Waals surface area contributed by atoms with E-state index in [2.05, 4.69) is 5.32 Å². The average Bonchev–Trinajstić information content (AvgIpc) is 1.82. The van der Waals surface area contributed by atoms with E-state index in [1.54, 1.807) is 0 Å². The van der Waals surface area contributed by atoms with E-state index >= 15 is 0 Å². The minimum atomic E-state index is 0. The first-order valence-electron chi connectivity index (χ1n) is 4.31. The number of piperidine rings is 2. The molecule has 4 bridgehead atoms. The zero-order valence-corrected chi connectivity index (χ0v) is 7.27. The molecule has 3 heteroatoms. The lowest BCUT2D eigenvalue weighted by Crippen LogP contribution is -2.60. The highest BCUT2D eigenvalue weighted by Gasteiger charge is 2.42. The number of nitrogens with one attached hydrogen (secondary N) is 1. The molecular weight excluding hydrogens is 162 g/mol. The molecule has 0 aliphatic carbocycles. The maximum atomic E-state index is 5.78. The molecule has 0 aromatic rings. The van der Waals surface area contributed by atoms with Gasteiger partial charge in [0.15, 0.2) is 0 Å². The van der Waals surface area contributed by atoms with Crippen LogP contribution in [-0.4, -0.2) is 24.3 Å². The summed E-state index contributed by atoms with van der Waals surface area (Å²) >= 11 is 0. The molecule has 11 heavy (non-hydrogen) atoms. The summed E-state index contributed by atoms with van der Waals surface area (Å²) in [6, 6.07) is 1.60. The van der Waals surface area contributed by atoms with Crippen molar-refractivity contribution in [3.8, 4) is 0 Å². The predicted molar refractivity (Wildman–Crippen MR) is 45.1 cm³/mol.